The van der Waals surface area contributed by atoms with Crippen LogP contribution in [0.25, 0.3) is 0 Å². The summed E-state index contributed by atoms with van der Waals surface area (Å²) in [4.78, 5) is 13.6. The first-order chi connectivity index (χ1) is 9.00. The Morgan fingerprint density at radius 1 is 1.32 bits per heavy atom. The van der Waals surface area contributed by atoms with Gasteiger partial charge in [0.1, 0.15) is 17.2 Å². The van der Waals surface area contributed by atoms with Crippen molar-refractivity contribution >= 4 is 17.5 Å². The molecule has 0 spiro atoms. The highest BCUT2D eigenvalue weighted by Gasteiger charge is 2.28. The minimum atomic E-state index is -0.808. The second kappa shape index (κ2) is 5.87. The highest BCUT2D eigenvalue weighted by Crippen LogP contribution is 2.25. The molecular weight excluding hydrogens is 272 g/mol. The van der Waals surface area contributed by atoms with Gasteiger partial charge in [-0.05, 0) is 37.8 Å². The molecule has 0 N–H and O–H groups in total. The Balaban J connectivity index is 2.10. The van der Waals surface area contributed by atoms with Gasteiger partial charge in [-0.2, -0.15) is 0 Å². The van der Waals surface area contributed by atoms with Gasteiger partial charge in [0.25, 0.3) is 5.91 Å². The Morgan fingerprint density at radius 2 is 1.84 bits per heavy atom. The number of benzene rings is 1. The van der Waals surface area contributed by atoms with Crippen molar-refractivity contribution in [3.63, 3.8) is 0 Å². The van der Waals surface area contributed by atoms with E-state index in [1.54, 1.807) is 0 Å². The Hall–Kier alpha value is -1.16. The summed E-state index contributed by atoms with van der Waals surface area (Å²) in [6.45, 7) is 2.92. The molecule has 1 aliphatic heterocycles. The van der Waals surface area contributed by atoms with Crippen molar-refractivity contribution in [1.82, 2.24) is 4.90 Å². The van der Waals surface area contributed by atoms with Crippen LogP contribution in [0.2, 0.25) is 0 Å². The lowest BCUT2D eigenvalue weighted by Crippen LogP contribution is -2.40. The molecule has 0 saturated carbocycles. The molecule has 0 aromatic heterocycles. The van der Waals surface area contributed by atoms with Crippen LogP contribution in [0.15, 0.2) is 18.2 Å². The third-order valence-electron chi connectivity index (χ3n) is 3.65. The lowest BCUT2D eigenvalue weighted by molar-refractivity contribution is 0.0680. The number of halogens is 3. The molecule has 104 valence electrons. The SMILES string of the molecule is CC(Cl)C1CCN(C(=O)c2c(F)cccc2F)CC1. The number of carbonyl (C=O) groups is 1. The average Bonchev–Trinajstić information content (AvgIpc) is 2.38. The third-order valence-corrected chi connectivity index (χ3v) is 4.01. The molecule has 1 aromatic rings. The highest BCUT2D eigenvalue weighted by atomic mass is 35.5. The summed E-state index contributed by atoms with van der Waals surface area (Å²) in [7, 11) is 0. The first-order valence-corrected chi connectivity index (χ1v) is 6.81. The summed E-state index contributed by atoms with van der Waals surface area (Å²) in [6, 6.07) is 3.46. The van der Waals surface area contributed by atoms with Crippen LogP contribution in [-0.4, -0.2) is 29.3 Å². The van der Waals surface area contributed by atoms with Crippen LogP contribution < -0.4 is 0 Å². The lowest BCUT2D eigenvalue weighted by atomic mass is 9.93. The fourth-order valence-electron chi connectivity index (χ4n) is 2.42. The fourth-order valence-corrected chi connectivity index (χ4v) is 2.67. The summed E-state index contributed by atoms with van der Waals surface area (Å²) in [5.74, 6) is -1.83. The number of alkyl halides is 1. The van der Waals surface area contributed by atoms with Crippen molar-refractivity contribution in [1.29, 1.82) is 0 Å². The Labute approximate surface area is 116 Å². The molecule has 1 atom stereocenters. The van der Waals surface area contributed by atoms with Crippen molar-refractivity contribution in [2.24, 2.45) is 5.92 Å². The van der Waals surface area contributed by atoms with E-state index < -0.39 is 23.1 Å². The first-order valence-electron chi connectivity index (χ1n) is 6.38. The number of likely N-dealkylation sites (tertiary alicyclic amines) is 1. The van der Waals surface area contributed by atoms with Gasteiger partial charge in [-0.3, -0.25) is 4.79 Å². The maximum absolute atomic E-state index is 13.6. The Bertz CT molecular complexity index is 450. The Morgan fingerprint density at radius 3 is 2.32 bits per heavy atom. The normalized spacial score (nSPS) is 18.4. The van der Waals surface area contributed by atoms with Crippen LogP contribution in [0.4, 0.5) is 8.78 Å². The molecule has 1 aliphatic rings. The zero-order valence-corrected chi connectivity index (χ0v) is 11.5. The predicted molar refractivity (Wildman–Crippen MR) is 70.3 cm³/mol. The molecule has 1 amide bonds. The third kappa shape index (κ3) is 3.06. The van der Waals surface area contributed by atoms with Gasteiger partial charge in [-0.25, -0.2) is 8.78 Å². The standard InChI is InChI=1S/C14H16ClF2NO/c1-9(15)10-5-7-18(8-6-10)14(19)13-11(16)3-2-4-12(13)17/h2-4,9-10H,5-8H2,1H3. The summed E-state index contributed by atoms with van der Waals surface area (Å²) in [6.07, 6.45) is 1.54. The van der Waals surface area contributed by atoms with Crippen molar-refractivity contribution in [3.05, 3.63) is 35.4 Å². The summed E-state index contributed by atoms with van der Waals surface area (Å²) < 4.78 is 27.1. The second-order valence-corrected chi connectivity index (χ2v) is 5.59. The predicted octanol–water partition coefficient (Wildman–Crippen LogP) is 3.44. The molecule has 19 heavy (non-hydrogen) atoms. The van der Waals surface area contributed by atoms with E-state index in [0.29, 0.717) is 19.0 Å². The maximum Gasteiger partial charge on any atom is 0.259 e. The minimum Gasteiger partial charge on any atom is -0.338 e. The molecule has 2 nitrogen and oxygen atoms in total. The van der Waals surface area contributed by atoms with E-state index >= 15 is 0 Å². The molecule has 0 radical (unpaired) electrons. The van der Waals surface area contributed by atoms with Crippen LogP contribution in [0.3, 0.4) is 0 Å². The van der Waals surface area contributed by atoms with E-state index in [2.05, 4.69) is 0 Å². The summed E-state index contributed by atoms with van der Waals surface area (Å²) in [5, 5.41) is 0.0578. The number of hydrogen-bond acceptors (Lipinski definition) is 1. The molecule has 2 rings (SSSR count). The lowest BCUT2D eigenvalue weighted by Gasteiger charge is -2.33. The van der Waals surface area contributed by atoms with E-state index in [0.717, 1.165) is 25.0 Å². The van der Waals surface area contributed by atoms with Crippen molar-refractivity contribution in [3.8, 4) is 0 Å². The smallest absolute Gasteiger partial charge is 0.259 e. The molecule has 0 aliphatic carbocycles. The topological polar surface area (TPSA) is 20.3 Å². The van der Waals surface area contributed by atoms with E-state index in [-0.39, 0.29) is 5.38 Å². The molecule has 1 saturated heterocycles. The van der Waals surface area contributed by atoms with Gasteiger partial charge in [0.05, 0.1) is 0 Å². The zero-order chi connectivity index (χ0) is 14.0. The van der Waals surface area contributed by atoms with Crippen molar-refractivity contribution < 1.29 is 13.6 Å². The summed E-state index contributed by atoms with van der Waals surface area (Å²) in [5.41, 5.74) is -0.458. The summed E-state index contributed by atoms with van der Waals surface area (Å²) >= 11 is 6.03. The van der Waals surface area contributed by atoms with Gasteiger partial charge < -0.3 is 4.90 Å². The molecule has 1 fully saturated rings. The molecule has 1 heterocycles. The van der Waals surface area contributed by atoms with Gasteiger partial charge in [-0.15, -0.1) is 11.6 Å². The first kappa shape index (κ1) is 14.3. The monoisotopic (exact) mass is 287 g/mol. The minimum absolute atomic E-state index is 0.0578. The number of nitrogens with zero attached hydrogens (tertiary/aromatic N) is 1. The fraction of sp³-hybridized carbons (Fsp3) is 0.500. The van der Waals surface area contributed by atoms with E-state index in [1.807, 2.05) is 6.92 Å². The molecule has 1 unspecified atom stereocenters. The largest absolute Gasteiger partial charge is 0.338 e. The van der Waals surface area contributed by atoms with Crippen LogP contribution in [-0.2, 0) is 0 Å². The van der Waals surface area contributed by atoms with Crippen molar-refractivity contribution in [2.75, 3.05) is 13.1 Å². The Kier molecular flexibility index (Phi) is 4.40. The van der Waals surface area contributed by atoms with E-state index in [4.69, 9.17) is 11.6 Å². The average molecular weight is 288 g/mol. The highest BCUT2D eigenvalue weighted by molar-refractivity contribution is 6.20. The van der Waals surface area contributed by atoms with E-state index in [1.165, 1.54) is 11.0 Å². The van der Waals surface area contributed by atoms with Crippen LogP contribution >= 0.6 is 11.6 Å². The van der Waals surface area contributed by atoms with Crippen LogP contribution in [0.5, 0.6) is 0 Å². The molecular formula is C14H16ClF2NO. The zero-order valence-electron chi connectivity index (χ0n) is 10.7. The number of piperidine rings is 1. The number of carbonyl (C=O) groups excluding carboxylic acids is 1. The van der Waals surface area contributed by atoms with Crippen molar-refractivity contribution in [2.45, 2.75) is 25.1 Å². The van der Waals surface area contributed by atoms with Gasteiger partial charge in [0, 0.05) is 18.5 Å². The van der Waals surface area contributed by atoms with Gasteiger partial charge in [0.2, 0.25) is 0 Å². The van der Waals surface area contributed by atoms with Gasteiger partial charge in [-0.1, -0.05) is 6.07 Å². The van der Waals surface area contributed by atoms with Gasteiger partial charge in [0.15, 0.2) is 0 Å². The molecule has 5 heteroatoms. The maximum atomic E-state index is 13.6. The molecule has 0 bridgehead atoms. The number of hydrogen-bond donors (Lipinski definition) is 0. The molecule has 1 aromatic carbocycles. The van der Waals surface area contributed by atoms with Crippen LogP contribution in [0.1, 0.15) is 30.1 Å². The van der Waals surface area contributed by atoms with Crippen LogP contribution in [0, 0.1) is 17.6 Å². The number of rotatable bonds is 2. The quantitative estimate of drug-likeness (QED) is 0.763. The number of amides is 1. The second-order valence-electron chi connectivity index (χ2n) is 4.90. The van der Waals surface area contributed by atoms with E-state index in [9.17, 15) is 13.6 Å². The van der Waals surface area contributed by atoms with Gasteiger partial charge >= 0.3 is 0 Å².